The molecule has 0 saturated heterocycles. The van der Waals surface area contributed by atoms with Gasteiger partial charge in [-0.15, -0.1) is 0 Å². The van der Waals surface area contributed by atoms with E-state index >= 15 is 0 Å². The Morgan fingerprint density at radius 2 is 2.28 bits per heavy atom. The molecular weight excluding hydrogens is 230 g/mol. The smallest absolute Gasteiger partial charge is 0.122 e. The Morgan fingerprint density at radius 1 is 1.44 bits per heavy atom. The maximum atomic E-state index is 9.39. The molecule has 0 aliphatic carbocycles. The minimum Gasteiger partial charge on any atom is -0.493 e. The molecular formula is C14H21NO3. The summed E-state index contributed by atoms with van der Waals surface area (Å²) in [6.45, 7) is 1.87. The number of ether oxygens (including phenoxy) is 1. The summed E-state index contributed by atoms with van der Waals surface area (Å²) in [5.74, 6) is 1.00. The Balaban J connectivity index is 1.97. The van der Waals surface area contributed by atoms with E-state index in [4.69, 9.17) is 9.84 Å². The van der Waals surface area contributed by atoms with Crippen LogP contribution < -0.4 is 4.74 Å². The molecule has 0 amide bonds. The molecule has 0 radical (unpaired) electrons. The number of nitrogens with zero attached hydrogens (tertiary/aromatic N) is 1. The lowest BCUT2D eigenvalue weighted by Crippen LogP contribution is -2.31. The van der Waals surface area contributed by atoms with Gasteiger partial charge in [-0.25, -0.2) is 0 Å². The van der Waals surface area contributed by atoms with Crippen LogP contribution in [0.2, 0.25) is 0 Å². The molecule has 0 saturated carbocycles. The van der Waals surface area contributed by atoms with Crippen molar-refractivity contribution in [1.29, 1.82) is 0 Å². The monoisotopic (exact) mass is 251 g/mol. The summed E-state index contributed by atoms with van der Waals surface area (Å²) < 4.78 is 5.58. The third kappa shape index (κ3) is 3.45. The standard InChI is InChI=1S/C14H21NO3/c1-15(9-13(17)10-16)8-11-4-5-14-12(7-11)3-2-6-18-14/h4-5,7,13,16-17H,2-3,6,8-10H2,1H3. The number of hydrogen-bond acceptors (Lipinski definition) is 4. The van der Waals surface area contributed by atoms with Gasteiger partial charge in [0, 0.05) is 13.1 Å². The van der Waals surface area contributed by atoms with Crippen molar-refractivity contribution < 1.29 is 14.9 Å². The fourth-order valence-electron chi connectivity index (χ4n) is 2.31. The molecule has 1 aliphatic rings. The van der Waals surface area contributed by atoms with Gasteiger partial charge in [-0.05, 0) is 37.1 Å². The second kappa shape index (κ2) is 6.18. The van der Waals surface area contributed by atoms with Gasteiger partial charge in [-0.2, -0.15) is 0 Å². The first kappa shape index (κ1) is 13.3. The first-order valence-electron chi connectivity index (χ1n) is 6.41. The molecule has 1 aromatic carbocycles. The zero-order chi connectivity index (χ0) is 13.0. The number of likely N-dealkylation sites (N-methyl/N-ethyl adjacent to an activating group) is 1. The minimum absolute atomic E-state index is 0.192. The van der Waals surface area contributed by atoms with Crippen molar-refractivity contribution in [3.05, 3.63) is 29.3 Å². The van der Waals surface area contributed by atoms with Crippen molar-refractivity contribution in [2.45, 2.75) is 25.5 Å². The van der Waals surface area contributed by atoms with Gasteiger partial charge in [-0.1, -0.05) is 12.1 Å². The average molecular weight is 251 g/mol. The SMILES string of the molecule is CN(Cc1ccc2c(c1)CCCO2)CC(O)CO. The molecule has 1 aromatic rings. The molecule has 1 heterocycles. The number of aliphatic hydroxyl groups is 2. The van der Waals surface area contributed by atoms with Crippen LogP contribution in [0.3, 0.4) is 0 Å². The van der Waals surface area contributed by atoms with Crippen LogP contribution in [0.15, 0.2) is 18.2 Å². The molecule has 100 valence electrons. The molecule has 0 spiro atoms. The van der Waals surface area contributed by atoms with E-state index in [1.54, 1.807) is 0 Å². The highest BCUT2D eigenvalue weighted by Gasteiger charge is 2.12. The van der Waals surface area contributed by atoms with Gasteiger partial charge in [-0.3, -0.25) is 4.90 Å². The van der Waals surface area contributed by atoms with Crippen LogP contribution in [-0.4, -0.2) is 48.0 Å². The van der Waals surface area contributed by atoms with Crippen LogP contribution in [0, 0.1) is 0 Å². The molecule has 1 atom stereocenters. The Bertz CT molecular complexity index is 395. The fraction of sp³-hybridized carbons (Fsp3) is 0.571. The van der Waals surface area contributed by atoms with E-state index in [0.29, 0.717) is 6.54 Å². The zero-order valence-corrected chi connectivity index (χ0v) is 10.8. The van der Waals surface area contributed by atoms with Gasteiger partial charge < -0.3 is 14.9 Å². The maximum absolute atomic E-state index is 9.39. The molecule has 4 nitrogen and oxygen atoms in total. The Hall–Kier alpha value is -1.10. The van der Waals surface area contributed by atoms with Crippen molar-refractivity contribution in [3.8, 4) is 5.75 Å². The summed E-state index contributed by atoms with van der Waals surface area (Å²) in [4.78, 5) is 2.01. The van der Waals surface area contributed by atoms with Gasteiger partial charge >= 0.3 is 0 Å². The van der Waals surface area contributed by atoms with Gasteiger partial charge in [0.2, 0.25) is 0 Å². The minimum atomic E-state index is -0.670. The maximum Gasteiger partial charge on any atom is 0.122 e. The molecule has 0 aromatic heterocycles. The van der Waals surface area contributed by atoms with Gasteiger partial charge in [0.05, 0.1) is 19.3 Å². The van der Waals surface area contributed by atoms with Crippen LogP contribution in [0.4, 0.5) is 0 Å². The second-order valence-electron chi connectivity index (χ2n) is 4.93. The largest absolute Gasteiger partial charge is 0.493 e. The van der Waals surface area contributed by atoms with Crippen molar-refractivity contribution >= 4 is 0 Å². The van der Waals surface area contributed by atoms with Crippen LogP contribution in [0.5, 0.6) is 5.75 Å². The number of fused-ring (bicyclic) bond motifs is 1. The lowest BCUT2D eigenvalue weighted by atomic mass is 10.0. The predicted molar refractivity (Wildman–Crippen MR) is 69.7 cm³/mol. The Morgan fingerprint density at radius 3 is 3.06 bits per heavy atom. The number of hydrogen-bond donors (Lipinski definition) is 2. The first-order valence-corrected chi connectivity index (χ1v) is 6.41. The predicted octanol–water partition coefficient (Wildman–Crippen LogP) is 0.797. The lowest BCUT2D eigenvalue weighted by molar-refractivity contribution is 0.0648. The van der Waals surface area contributed by atoms with Gasteiger partial charge in [0.15, 0.2) is 0 Å². The van der Waals surface area contributed by atoms with E-state index in [1.807, 2.05) is 18.0 Å². The average Bonchev–Trinajstić information content (AvgIpc) is 2.38. The van der Waals surface area contributed by atoms with E-state index in [0.717, 1.165) is 31.7 Å². The number of aliphatic hydroxyl groups excluding tert-OH is 2. The number of aryl methyl sites for hydroxylation is 1. The van der Waals surface area contributed by atoms with Crippen LogP contribution in [0.1, 0.15) is 17.5 Å². The summed E-state index contributed by atoms with van der Waals surface area (Å²) in [5.41, 5.74) is 2.49. The quantitative estimate of drug-likeness (QED) is 0.812. The van der Waals surface area contributed by atoms with Crippen LogP contribution in [-0.2, 0) is 13.0 Å². The van der Waals surface area contributed by atoms with Crippen LogP contribution in [0.25, 0.3) is 0 Å². The summed E-state index contributed by atoms with van der Waals surface area (Å²) in [6, 6.07) is 6.27. The van der Waals surface area contributed by atoms with Crippen molar-refractivity contribution in [2.75, 3.05) is 26.8 Å². The molecule has 0 fully saturated rings. The first-order chi connectivity index (χ1) is 8.69. The van der Waals surface area contributed by atoms with E-state index in [2.05, 4.69) is 12.1 Å². The summed E-state index contributed by atoms with van der Waals surface area (Å²) in [5, 5.41) is 18.2. The Labute approximate surface area is 108 Å². The van der Waals surface area contributed by atoms with Gasteiger partial charge in [0.25, 0.3) is 0 Å². The highest BCUT2D eigenvalue weighted by Crippen LogP contribution is 2.25. The van der Waals surface area contributed by atoms with Crippen molar-refractivity contribution in [2.24, 2.45) is 0 Å². The normalized spacial score (nSPS) is 16.2. The lowest BCUT2D eigenvalue weighted by Gasteiger charge is -2.21. The highest BCUT2D eigenvalue weighted by atomic mass is 16.5. The van der Waals surface area contributed by atoms with E-state index in [-0.39, 0.29) is 6.61 Å². The third-order valence-electron chi connectivity index (χ3n) is 3.16. The van der Waals surface area contributed by atoms with Crippen LogP contribution >= 0.6 is 0 Å². The third-order valence-corrected chi connectivity index (χ3v) is 3.16. The fourth-order valence-corrected chi connectivity index (χ4v) is 2.31. The Kier molecular flexibility index (Phi) is 4.58. The number of benzene rings is 1. The summed E-state index contributed by atoms with van der Waals surface area (Å²) in [6.07, 6.45) is 1.48. The molecule has 18 heavy (non-hydrogen) atoms. The molecule has 1 unspecified atom stereocenters. The zero-order valence-electron chi connectivity index (χ0n) is 10.8. The molecule has 0 bridgehead atoms. The van der Waals surface area contributed by atoms with Gasteiger partial charge in [0.1, 0.15) is 5.75 Å². The van der Waals surface area contributed by atoms with Crippen molar-refractivity contribution in [1.82, 2.24) is 4.90 Å². The summed E-state index contributed by atoms with van der Waals surface area (Å²) in [7, 11) is 1.94. The molecule has 4 heteroatoms. The van der Waals surface area contributed by atoms with E-state index < -0.39 is 6.10 Å². The van der Waals surface area contributed by atoms with E-state index in [9.17, 15) is 5.11 Å². The summed E-state index contributed by atoms with van der Waals surface area (Å²) >= 11 is 0. The van der Waals surface area contributed by atoms with E-state index in [1.165, 1.54) is 11.1 Å². The van der Waals surface area contributed by atoms with Crippen molar-refractivity contribution in [3.63, 3.8) is 0 Å². The topological polar surface area (TPSA) is 52.9 Å². The highest BCUT2D eigenvalue weighted by molar-refractivity contribution is 5.38. The number of rotatable bonds is 5. The molecule has 2 N–H and O–H groups in total. The molecule has 1 aliphatic heterocycles. The molecule has 2 rings (SSSR count). The second-order valence-corrected chi connectivity index (χ2v) is 4.93.